The minimum absolute atomic E-state index is 0.162. The molecule has 3 nitrogen and oxygen atoms in total. The molecule has 0 spiro atoms. The summed E-state index contributed by atoms with van der Waals surface area (Å²) in [6.45, 7) is 12.3. The van der Waals surface area contributed by atoms with Crippen LogP contribution in [0.1, 0.15) is 33.6 Å². The van der Waals surface area contributed by atoms with Crippen molar-refractivity contribution in [1.29, 1.82) is 0 Å². The third kappa shape index (κ3) is 4.13. The monoisotopic (exact) mass is 319 g/mol. The normalized spacial score (nSPS) is 17.4. The van der Waals surface area contributed by atoms with Gasteiger partial charge in [-0.3, -0.25) is 0 Å². The van der Waals surface area contributed by atoms with Crippen LogP contribution in [-0.2, 0) is 4.74 Å². The van der Waals surface area contributed by atoms with Crippen LogP contribution in [0.3, 0.4) is 0 Å². The van der Waals surface area contributed by atoms with Crippen LogP contribution in [0.5, 0.6) is 0 Å². The molecule has 1 aliphatic rings. The summed E-state index contributed by atoms with van der Waals surface area (Å²) in [6.07, 6.45) is 2.02. The first-order chi connectivity index (χ1) is 10.2. The molecule has 1 aliphatic heterocycles. The molecule has 1 heterocycles. The molecule has 1 saturated heterocycles. The number of hydrogen-bond acceptors (Lipinski definition) is 2. The number of rotatable bonds is 2. The number of benzene rings is 1. The van der Waals surface area contributed by atoms with Crippen molar-refractivity contribution in [3.63, 3.8) is 0 Å². The van der Waals surface area contributed by atoms with E-state index in [1.54, 1.807) is 0 Å². The van der Waals surface area contributed by atoms with Gasteiger partial charge in [-0.15, -0.1) is 0 Å². The molecule has 0 aromatic heterocycles. The lowest BCUT2D eigenvalue weighted by molar-refractivity contribution is 0.0215. The van der Waals surface area contributed by atoms with Crippen molar-refractivity contribution >= 4 is 19.4 Å². The summed E-state index contributed by atoms with van der Waals surface area (Å²) in [7, 11) is -1.47. The van der Waals surface area contributed by atoms with Crippen LogP contribution in [0.15, 0.2) is 30.3 Å². The zero-order valence-electron chi connectivity index (χ0n) is 14.6. The highest BCUT2D eigenvalue weighted by Crippen LogP contribution is 2.33. The van der Waals surface area contributed by atoms with Crippen LogP contribution >= 0.6 is 0 Å². The van der Waals surface area contributed by atoms with Crippen LogP contribution in [0, 0.1) is 0 Å². The number of nitrogens with zero attached hydrogens (tertiary/aromatic N) is 1. The van der Waals surface area contributed by atoms with Gasteiger partial charge in [0.05, 0.1) is 8.07 Å². The molecule has 22 heavy (non-hydrogen) atoms. The Morgan fingerprint density at radius 3 is 2.18 bits per heavy atom. The summed E-state index contributed by atoms with van der Waals surface area (Å²) in [5, 5.41) is 1.52. The van der Waals surface area contributed by atoms with Gasteiger partial charge in [-0.05, 0) is 39.2 Å². The largest absolute Gasteiger partial charge is 0.444 e. The fraction of sp³-hybridized carbons (Fsp3) is 0.611. The number of carbonyl (C=O) groups excluding carboxylic acids is 1. The molecule has 0 aliphatic carbocycles. The van der Waals surface area contributed by atoms with Gasteiger partial charge in [0, 0.05) is 13.1 Å². The molecule has 1 amide bonds. The van der Waals surface area contributed by atoms with Gasteiger partial charge in [-0.25, -0.2) is 4.79 Å². The van der Waals surface area contributed by atoms with Gasteiger partial charge in [0.25, 0.3) is 0 Å². The maximum absolute atomic E-state index is 12.2. The lowest BCUT2D eigenvalue weighted by atomic mass is 10.1. The maximum Gasteiger partial charge on any atom is 0.410 e. The van der Waals surface area contributed by atoms with Crippen molar-refractivity contribution in [3.05, 3.63) is 30.3 Å². The molecule has 1 aromatic rings. The van der Waals surface area contributed by atoms with Gasteiger partial charge in [0.1, 0.15) is 5.60 Å². The van der Waals surface area contributed by atoms with E-state index in [-0.39, 0.29) is 6.09 Å². The van der Waals surface area contributed by atoms with Gasteiger partial charge >= 0.3 is 6.09 Å². The first-order valence-corrected chi connectivity index (χ1v) is 11.3. The van der Waals surface area contributed by atoms with E-state index in [0.29, 0.717) is 0 Å². The van der Waals surface area contributed by atoms with Crippen molar-refractivity contribution in [2.75, 3.05) is 13.1 Å². The van der Waals surface area contributed by atoms with Crippen LogP contribution in [0.25, 0.3) is 0 Å². The third-order valence-electron chi connectivity index (χ3n) is 4.69. The van der Waals surface area contributed by atoms with E-state index in [4.69, 9.17) is 4.74 Å². The van der Waals surface area contributed by atoms with E-state index in [9.17, 15) is 4.79 Å². The fourth-order valence-electron chi connectivity index (χ4n) is 3.21. The fourth-order valence-corrected chi connectivity index (χ4v) is 6.44. The molecule has 0 N–H and O–H groups in total. The van der Waals surface area contributed by atoms with Crippen molar-refractivity contribution < 1.29 is 9.53 Å². The molecule has 1 aromatic carbocycles. The Morgan fingerprint density at radius 1 is 1.14 bits per heavy atom. The van der Waals surface area contributed by atoms with Gasteiger partial charge in [-0.2, -0.15) is 0 Å². The van der Waals surface area contributed by atoms with Gasteiger partial charge in [-0.1, -0.05) is 48.6 Å². The van der Waals surface area contributed by atoms with E-state index in [0.717, 1.165) is 31.5 Å². The summed E-state index contributed by atoms with van der Waals surface area (Å²) >= 11 is 0. The highest BCUT2D eigenvalue weighted by Gasteiger charge is 2.37. The number of ether oxygens (including phenoxy) is 1. The Kier molecular flexibility index (Phi) is 5.00. The lowest BCUT2D eigenvalue weighted by Gasteiger charge is -2.40. The molecule has 0 atom stereocenters. The van der Waals surface area contributed by atoms with Gasteiger partial charge in [0.2, 0.25) is 0 Å². The van der Waals surface area contributed by atoms with Crippen molar-refractivity contribution in [2.24, 2.45) is 0 Å². The summed E-state index contributed by atoms with van der Waals surface area (Å²) in [4.78, 5) is 14.0. The minimum atomic E-state index is -1.47. The van der Waals surface area contributed by atoms with E-state index in [1.807, 2.05) is 25.7 Å². The average molecular weight is 320 g/mol. The molecule has 122 valence electrons. The summed E-state index contributed by atoms with van der Waals surface area (Å²) < 4.78 is 5.48. The Labute approximate surface area is 135 Å². The van der Waals surface area contributed by atoms with Crippen LogP contribution in [-0.4, -0.2) is 37.8 Å². The summed E-state index contributed by atoms with van der Waals surface area (Å²) in [5.41, 5.74) is 0.319. The predicted molar refractivity (Wildman–Crippen MR) is 94.3 cm³/mol. The number of amides is 1. The highest BCUT2D eigenvalue weighted by molar-refractivity contribution is 6.91. The smallest absolute Gasteiger partial charge is 0.410 e. The SMILES string of the molecule is CC(C)(C)OC(=O)N1CCC([Si](C)(C)c2ccccc2)CC1. The van der Waals surface area contributed by atoms with Crippen LogP contribution < -0.4 is 5.19 Å². The molecule has 0 radical (unpaired) electrons. The van der Waals surface area contributed by atoms with E-state index in [2.05, 4.69) is 43.4 Å². The second-order valence-corrected chi connectivity index (χ2v) is 12.7. The summed E-state index contributed by atoms with van der Waals surface area (Å²) in [5.74, 6) is 0. The van der Waals surface area contributed by atoms with E-state index < -0.39 is 13.7 Å². The molecule has 2 rings (SSSR count). The molecule has 0 unspecified atom stereocenters. The van der Waals surface area contributed by atoms with Gasteiger partial charge < -0.3 is 9.64 Å². The highest BCUT2D eigenvalue weighted by atomic mass is 28.3. The van der Waals surface area contributed by atoms with Crippen molar-refractivity contribution in [1.82, 2.24) is 4.90 Å². The lowest BCUT2D eigenvalue weighted by Crippen LogP contribution is -2.51. The van der Waals surface area contributed by atoms with E-state index in [1.165, 1.54) is 5.19 Å². The minimum Gasteiger partial charge on any atom is -0.444 e. The standard InChI is InChI=1S/C18H29NO2Si/c1-18(2,3)21-17(20)19-13-11-16(12-14-19)22(4,5)15-9-7-6-8-10-15/h6-10,16H,11-14H2,1-5H3. The maximum atomic E-state index is 12.2. The molecule has 4 heteroatoms. The number of hydrogen-bond donors (Lipinski definition) is 0. The molecule has 0 bridgehead atoms. The molecule has 0 saturated carbocycles. The summed E-state index contributed by atoms with van der Waals surface area (Å²) in [6, 6.07) is 10.9. The predicted octanol–water partition coefficient (Wildman–Crippen LogP) is 4.00. The molecule has 1 fully saturated rings. The van der Waals surface area contributed by atoms with Crippen LogP contribution in [0.4, 0.5) is 4.79 Å². The number of piperidine rings is 1. The Balaban J connectivity index is 1.96. The average Bonchev–Trinajstić information content (AvgIpc) is 2.46. The number of carbonyl (C=O) groups is 1. The van der Waals surface area contributed by atoms with Gasteiger partial charge in [0.15, 0.2) is 0 Å². The second-order valence-electron chi connectivity index (χ2n) is 7.83. The van der Waals surface area contributed by atoms with Crippen molar-refractivity contribution in [3.8, 4) is 0 Å². The Morgan fingerprint density at radius 2 is 1.68 bits per heavy atom. The first-order valence-electron chi connectivity index (χ1n) is 8.23. The zero-order chi connectivity index (χ0) is 16.4. The van der Waals surface area contributed by atoms with Crippen molar-refractivity contribution in [2.45, 2.75) is 57.8 Å². The zero-order valence-corrected chi connectivity index (χ0v) is 15.6. The topological polar surface area (TPSA) is 29.5 Å². The molecular formula is C18H29NO2Si. The Hall–Kier alpha value is -1.29. The first kappa shape index (κ1) is 17.1. The number of likely N-dealkylation sites (tertiary alicyclic amines) is 1. The molecular weight excluding hydrogens is 290 g/mol. The van der Waals surface area contributed by atoms with Crippen LogP contribution in [0.2, 0.25) is 18.6 Å². The third-order valence-corrected chi connectivity index (χ3v) is 9.13. The van der Waals surface area contributed by atoms with E-state index >= 15 is 0 Å². The second kappa shape index (κ2) is 6.45. The Bertz CT molecular complexity index is 500. The quantitative estimate of drug-likeness (QED) is 0.771.